The molecule has 0 N–H and O–H groups in total. The summed E-state index contributed by atoms with van der Waals surface area (Å²) in [5.41, 5.74) is 3.56. The van der Waals surface area contributed by atoms with Crippen LogP contribution < -0.4 is 0 Å². The van der Waals surface area contributed by atoms with Crippen molar-refractivity contribution in [1.82, 2.24) is 14.7 Å². The number of nitrogens with zero attached hydrogens (tertiary/aromatic N) is 3. The SMILES string of the molecule is CC(=O)N(C(C)C)[C@@H]1CCC2(CCN(C(=O)C3CN(C(C)(C)C)C[C@H]3c3ccc(F)cc3F)CC2)c2cc(C)c(Cl)cc21. The Morgan fingerprint density at radius 2 is 1.70 bits per heavy atom. The van der Waals surface area contributed by atoms with Gasteiger partial charge in [0.2, 0.25) is 11.8 Å². The van der Waals surface area contributed by atoms with E-state index in [1.807, 2.05) is 16.7 Å². The molecular formula is C35H46ClF2N3O2. The van der Waals surface area contributed by atoms with Gasteiger partial charge in [0.1, 0.15) is 11.6 Å². The quantitative estimate of drug-likeness (QED) is 0.361. The number of aryl methyl sites for hydroxylation is 1. The Balaban J connectivity index is 1.41. The molecule has 43 heavy (non-hydrogen) atoms. The molecule has 1 aliphatic carbocycles. The highest BCUT2D eigenvalue weighted by Gasteiger charge is 2.48. The number of likely N-dealkylation sites (tertiary alicyclic amines) is 2. The van der Waals surface area contributed by atoms with E-state index < -0.39 is 17.6 Å². The van der Waals surface area contributed by atoms with Crippen LogP contribution in [0.15, 0.2) is 30.3 Å². The smallest absolute Gasteiger partial charge is 0.227 e. The second-order valence-corrected chi connectivity index (χ2v) is 14.7. The van der Waals surface area contributed by atoms with Crippen LogP contribution in [0.1, 0.15) is 101 Å². The maximum absolute atomic E-state index is 15.0. The van der Waals surface area contributed by atoms with Gasteiger partial charge in [-0.1, -0.05) is 23.7 Å². The Kier molecular flexibility index (Phi) is 8.73. The van der Waals surface area contributed by atoms with Crippen molar-refractivity contribution in [2.45, 2.75) is 103 Å². The molecule has 5 rings (SSSR count). The zero-order chi connectivity index (χ0) is 31.4. The van der Waals surface area contributed by atoms with Crippen LogP contribution in [0.5, 0.6) is 0 Å². The number of halogens is 3. The third-order valence-electron chi connectivity index (χ3n) is 10.4. The van der Waals surface area contributed by atoms with Crippen LogP contribution in [-0.4, -0.2) is 64.3 Å². The van der Waals surface area contributed by atoms with E-state index in [1.54, 1.807) is 6.92 Å². The molecule has 1 unspecified atom stereocenters. The van der Waals surface area contributed by atoms with Crippen molar-refractivity contribution in [2.24, 2.45) is 5.92 Å². The number of amides is 2. The van der Waals surface area contributed by atoms with Crippen molar-refractivity contribution < 1.29 is 18.4 Å². The molecule has 2 aromatic carbocycles. The number of carbonyl (C=O) groups is 2. The zero-order valence-corrected chi connectivity index (χ0v) is 27.4. The second-order valence-electron chi connectivity index (χ2n) is 14.3. The van der Waals surface area contributed by atoms with Crippen LogP contribution in [-0.2, 0) is 15.0 Å². The van der Waals surface area contributed by atoms with Crippen molar-refractivity contribution in [1.29, 1.82) is 0 Å². The molecule has 2 saturated heterocycles. The molecule has 2 aromatic rings. The Labute approximate surface area is 260 Å². The molecule has 2 fully saturated rings. The molecule has 2 amide bonds. The summed E-state index contributed by atoms with van der Waals surface area (Å²) < 4.78 is 28.8. The fraction of sp³-hybridized carbons (Fsp3) is 0.600. The van der Waals surface area contributed by atoms with Crippen LogP contribution in [0.4, 0.5) is 8.78 Å². The molecule has 0 aromatic heterocycles. The molecule has 0 radical (unpaired) electrons. The summed E-state index contributed by atoms with van der Waals surface area (Å²) in [6, 6.07) is 8.05. The summed E-state index contributed by atoms with van der Waals surface area (Å²) in [6.45, 7) is 16.4. The minimum Gasteiger partial charge on any atom is -0.342 e. The molecule has 2 aliphatic heterocycles. The lowest BCUT2D eigenvalue weighted by Crippen LogP contribution is -2.51. The first-order chi connectivity index (χ1) is 20.1. The van der Waals surface area contributed by atoms with Gasteiger partial charge in [-0.25, -0.2) is 8.78 Å². The molecular weight excluding hydrogens is 568 g/mol. The van der Waals surface area contributed by atoms with Gasteiger partial charge in [0.05, 0.1) is 12.0 Å². The fourth-order valence-corrected chi connectivity index (χ4v) is 8.17. The largest absolute Gasteiger partial charge is 0.342 e. The molecule has 234 valence electrons. The van der Waals surface area contributed by atoms with E-state index in [9.17, 15) is 14.0 Å². The monoisotopic (exact) mass is 613 g/mol. The van der Waals surface area contributed by atoms with Gasteiger partial charge in [-0.3, -0.25) is 14.5 Å². The summed E-state index contributed by atoms with van der Waals surface area (Å²) in [5, 5.41) is 0.712. The average Bonchev–Trinajstić information content (AvgIpc) is 3.37. The van der Waals surface area contributed by atoms with Crippen molar-refractivity contribution in [3.05, 3.63) is 69.2 Å². The Morgan fingerprint density at radius 3 is 2.28 bits per heavy atom. The maximum Gasteiger partial charge on any atom is 0.227 e. The average molecular weight is 614 g/mol. The number of piperidine rings is 1. The molecule has 3 aliphatic rings. The van der Waals surface area contributed by atoms with E-state index >= 15 is 4.39 Å². The first-order valence-corrected chi connectivity index (χ1v) is 16.1. The normalized spacial score (nSPS) is 24.0. The molecule has 0 bridgehead atoms. The van der Waals surface area contributed by atoms with Crippen molar-refractivity contribution in [3.8, 4) is 0 Å². The van der Waals surface area contributed by atoms with Gasteiger partial charge in [0.25, 0.3) is 0 Å². The molecule has 0 saturated carbocycles. The van der Waals surface area contributed by atoms with Crippen molar-refractivity contribution in [3.63, 3.8) is 0 Å². The Morgan fingerprint density at radius 1 is 1.02 bits per heavy atom. The number of hydrogen-bond donors (Lipinski definition) is 0. The van der Waals surface area contributed by atoms with E-state index in [0.717, 1.165) is 42.9 Å². The van der Waals surface area contributed by atoms with Crippen LogP contribution in [0.3, 0.4) is 0 Å². The lowest BCUT2D eigenvalue weighted by Gasteiger charge is -2.50. The first kappa shape index (κ1) is 31.9. The van der Waals surface area contributed by atoms with Gasteiger partial charge >= 0.3 is 0 Å². The number of carbonyl (C=O) groups excluding carboxylic acids is 2. The molecule has 2 heterocycles. The van der Waals surface area contributed by atoms with E-state index in [-0.39, 0.29) is 40.8 Å². The first-order valence-electron chi connectivity index (χ1n) is 15.7. The van der Waals surface area contributed by atoms with Gasteiger partial charge in [0.15, 0.2) is 0 Å². The molecule has 3 atom stereocenters. The minimum atomic E-state index is -0.609. The van der Waals surface area contributed by atoms with E-state index in [1.165, 1.54) is 17.7 Å². The van der Waals surface area contributed by atoms with Gasteiger partial charge in [-0.2, -0.15) is 0 Å². The summed E-state index contributed by atoms with van der Waals surface area (Å²) in [6.07, 6.45) is 3.45. The number of rotatable bonds is 4. The molecule has 1 spiro atoms. The summed E-state index contributed by atoms with van der Waals surface area (Å²) in [5.74, 6) is -1.81. The van der Waals surface area contributed by atoms with Gasteiger partial charge < -0.3 is 9.80 Å². The van der Waals surface area contributed by atoms with Crippen LogP contribution in [0, 0.1) is 24.5 Å². The van der Waals surface area contributed by atoms with E-state index in [4.69, 9.17) is 11.6 Å². The number of fused-ring (bicyclic) bond motifs is 2. The Hall–Kier alpha value is -2.51. The number of hydrogen-bond acceptors (Lipinski definition) is 3. The Bertz CT molecular complexity index is 1400. The topological polar surface area (TPSA) is 43.9 Å². The number of benzene rings is 2. The summed E-state index contributed by atoms with van der Waals surface area (Å²) >= 11 is 6.66. The minimum absolute atomic E-state index is 0.0240. The van der Waals surface area contributed by atoms with Crippen molar-refractivity contribution >= 4 is 23.4 Å². The highest BCUT2D eigenvalue weighted by molar-refractivity contribution is 6.31. The van der Waals surface area contributed by atoms with Gasteiger partial charge in [-0.15, -0.1) is 0 Å². The third-order valence-corrected chi connectivity index (χ3v) is 10.8. The highest BCUT2D eigenvalue weighted by Crippen LogP contribution is 2.51. The fourth-order valence-electron chi connectivity index (χ4n) is 8.00. The van der Waals surface area contributed by atoms with E-state index in [0.29, 0.717) is 36.8 Å². The third kappa shape index (κ3) is 5.96. The predicted molar refractivity (Wildman–Crippen MR) is 167 cm³/mol. The standard InChI is InChI=1S/C35H46ClF2N3O2/c1-21(2)41(23(4)42)32-10-11-35(29-16-22(3)30(36)18-26(29)32)12-14-39(15-13-35)33(43)28-20-40(34(5,6)7)19-27(28)25-9-8-24(37)17-31(25)38/h8-9,16-18,21,27-28,32H,10-15,19-20H2,1-7H3/t27-,28?,32+/m0/s1. The summed E-state index contributed by atoms with van der Waals surface area (Å²) in [4.78, 5) is 33.1. The summed E-state index contributed by atoms with van der Waals surface area (Å²) in [7, 11) is 0. The lowest BCUT2D eigenvalue weighted by atomic mass is 9.63. The molecule has 8 heteroatoms. The van der Waals surface area contributed by atoms with E-state index in [2.05, 4.69) is 51.7 Å². The maximum atomic E-state index is 15.0. The van der Waals surface area contributed by atoms with Crippen molar-refractivity contribution in [2.75, 3.05) is 26.2 Å². The molecule has 5 nitrogen and oxygen atoms in total. The zero-order valence-electron chi connectivity index (χ0n) is 26.6. The van der Waals surface area contributed by atoms with Gasteiger partial charge in [0, 0.05) is 61.7 Å². The van der Waals surface area contributed by atoms with Crippen LogP contribution >= 0.6 is 11.6 Å². The van der Waals surface area contributed by atoms with Crippen LogP contribution in [0.2, 0.25) is 5.02 Å². The lowest BCUT2D eigenvalue weighted by molar-refractivity contribution is -0.138. The highest BCUT2D eigenvalue weighted by atomic mass is 35.5. The van der Waals surface area contributed by atoms with Crippen LogP contribution in [0.25, 0.3) is 0 Å². The second kappa shape index (κ2) is 11.8. The van der Waals surface area contributed by atoms with Gasteiger partial charge in [-0.05, 0) is 107 Å². The predicted octanol–water partition coefficient (Wildman–Crippen LogP) is 7.39.